The quantitative estimate of drug-likeness (QED) is 0.533. The van der Waals surface area contributed by atoms with Crippen LogP contribution in [0.1, 0.15) is 21.1 Å². The molecule has 0 amide bonds. The molecule has 0 N–H and O–H groups in total. The number of allylic oxidation sites excluding steroid dienone is 3. The summed E-state index contributed by atoms with van der Waals surface area (Å²) in [7, 11) is 0. The Labute approximate surface area is 62.8 Å². The third-order valence-electron chi connectivity index (χ3n) is 1.60. The molecule has 1 nitrogen and oxygen atoms in total. The van der Waals surface area contributed by atoms with Crippen molar-refractivity contribution >= 4 is 5.78 Å². The van der Waals surface area contributed by atoms with Gasteiger partial charge in [-0.05, 0) is 17.9 Å². The first kappa shape index (κ1) is 5.90. The third-order valence-corrected chi connectivity index (χ3v) is 1.60. The van der Waals surface area contributed by atoms with E-state index in [1.54, 1.807) is 6.08 Å². The normalized spacial score (nSPS) is 27.1. The Morgan fingerprint density at radius 2 is 2.80 bits per heavy atom. The van der Waals surface area contributed by atoms with Crippen LogP contribution in [0.2, 0.25) is 0 Å². The molecule has 1 aliphatic carbocycles. The summed E-state index contributed by atoms with van der Waals surface area (Å²) in [4.78, 5) is 11.2. The molecule has 0 spiro atoms. The van der Waals surface area contributed by atoms with Gasteiger partial charge in [0.1, 0.15) is 0 Å². The van der Waals surface area contributed by atoms with E-state index in [4.69, 9.17) is 1.37 Å². The van der Waals surface area contributed by atoms with Crippen LogP contribution in [0, 0.1) is 5.92 Å². The van der Waals surface area contributed by atoms with E-state index in [0.717, 1.165) is 0 Å². The lowest BCUT2D eigenvalue weighted by molar-refractivity contribution is -0.115. The summed E-state index contributed by atoms with van der Waals surface area (Å²) in [6.45, 7) is 5.46. The molecule has 0 bridgehead atoms. The van der Waals surface area contributed by atoms with E-state index in [2.05, 4.69) is 6.58 Å². The smallest absolute Gasteiger partial charge is 0.159 e. The second-order valence-electron chi connectivity index (χ2n) is 2.64. The van der Waals surface area contributed by atoms with Crippen molar-refractivity contribution in [1.82, 2.24) is 0 Å². The van der Waals surface area contributed by atoms with E-state index in [1.165, 1.54) is 0 Å². The molecule has 0 aromatic heterocycles. The molecule has 1 aliphatic rings. The molecule has 0 saturated heterocycles. The van der Waals surface area contributed by atoms with Crippen LogP contribution in [-0.2, 0) is 4.79 Å². The van der Waals surface area contributed by atoms with E-state index < -0.39 is 0 Å². The Morgan fingerprint density at radius 1 is 2.10 bits per heavy atom. The topological polar surface area (TPSA) is 17.1 Å². The molecule has 1 heteroatoms. The molecule has 0 aromatic rings. The van der Waals surface area contributed by atoms with Crippen LogP contribution in [0.3, 0.4) is 0 Å². The van der Waals surface area contributed by atoms with E-state index >= 15 is 0 Å². The minimum atomic E-state index is 0.123. The van der Waals surface area contributed by atoms with Crippen LogP contribution in [0.4, 0.5) is 0 Å². The molecule has 0 saturated carbocycles. The van der Waals surface area contributed by atoms with Crippen LogP contribution in [0.5, 0.6) is 0 Å². The molecule has 0 heterocycles. The highest BCUT2D eigenvalue weighted by Gasteiger charge is 2.18. The van der Waals surface area contributed by atoms with Gasteiger partial charge >= 0.3 is 0 Å². The van der Waals surface area contributed by atoms with E-state index in [0.29, 0.717) is 24.5 Å². The lowest BCUT2D eigenvalue weighted by Gasteiger charge is -1.91. The number of carbonyl (C=O) groups is 1. The number of hydrogen-bond acceptors (Lipinski definition) is 1. The van der Waals surface area contributed by atoms with Gasteiger partial charge in [-0.25, -0.2) is 0 Å². The van der Waals surface area contributed by atoms with Crippen molar-refractivity contribution < 1.29 is 6.17 Å². The molecule has 1 unspecified atom stereocenters. The minimum absolute atomic E-state index is 0.123. The van der Waals surface area contributed by atoms with Crippen LogP contribution in [0.25, 0.3) is 0 Å². The van der Waals surface area contributed by atoms with E-state index in [-0.39, 0.29) is 11.7 Å². The molecule has 1 atom stereocenters. The Hall–Kier alpha value is -0.850. The van der Waals surface area contributed by atoms with Gasteiger partial charge in [-0.15, -0.1) is 6.58 Å². The van der Waals surface area contributed by atoms with Crippen molar-refractivity contribution in [2.24, 2.45) is 5.92 Å². The summed E-state index contributed by atoms with van der Waals surface area (Å²) in [6.07, 6.45) is 2.75. The van der Waals surface area contributed by atoms with Crippen molar-refractivity contribution in [3.05, 3.63) is 24.3 Å². The van der Waals surface area contributed by atoms with Crippen LogP contribution < -0.4 is 0 Å². The summed E-state index contributed by atoms with van der Waals surface area (Å²) in [5, 5.41) is 0. The number of Topliss-reactive ketones (excluding diaryl/α,β-unsaturated/α-hetero) is 1. The average Bonchev–Trinajstić information content (AvgIpc) is 2.17. The van der Waals surface area contributed by atoms with Gasteiger partial charge in [0.25, 0.3) is 0 Å². The highest BCUT2D eigenvalue weighted by atomic mass is 16.1. The second kappa shape index (κ2) is 2.82. The van der Waals surface area contributed by atoms with Gasteiger partial charge in [0.05, 0.1) is 1.37 Å². The molecule has 0 radical (unpaired) electrons. The summed E-state index contributed by atoms with van der Waals surface area (Å²) in [6, 6.07) is 0.509. The van der Waals surface area contributed by atoms with Gasteiger partial charge in [-0.3, -0.25) is 4.79 Å². The van der Waals surface area contributed by atoms with Crippen molar-refractivity contribution in [2.45, 2.75) is 19.8 Å². The van der Waals surface area contributed by atoms with Crippen LogP contribution in [-0.4, -0.2) is 5.78 Å². The molecule has 0 aromatic carbocycles. The number of carbonyl (C=O) groups excluding carboxylic acids is 1. The predicted molar refractivity (Wildman–Crippen MR) is 41.7 cm³/mol. The molecular weight excluding hydrogens is 124 g/mol. The Balaban J connectivity index is 2.87. The molecule has 1 rings (SSSR count). The Kier molecular flexibility index (Phi) is 1.67. The standard InChI is InChI=1S/C9H12O/c1-3-4-8-5-7(2)6-9(8)10/h3,5,7H,1,4,6H2,2H3/i5D. The summed E-state index contributed by atoms with van der Waals surface area (Å²) >= 11 is 0. The van der Waals surface area contributed by atoms with Gasteiger partial charge in [0, 0.05) is 6.42 Å². The average molecular weight is 137 g/mol. The number of ketones is 1. The van der Waals surface area contributed by atoms with Gasteiger partial charge in [0.2, 0.25) is 0 Å². The predicted octanol–water partition coefficient (Wildman–Crippen LogP) is 2.10. The fourth-order valence-electron chi connectivity index (χ4n) is 1.15. The van der Waals surface area contributed by atoms with Crippen molar-refractivity contribution in [1.29, 1.82) is 0 Å². The molecule has 10 heavy (non-hydrogen) atoms. The largest absolute Gasteiger partial charge is 0.295 e. The van der Waals surface area contributed by atoms with Crippen molar-refractivity contribution in [3.63, 3.8) is 0 Å². The Morgan fingerprint density at radius 3 is 3.20 bits per heavy atom. The second-order valence-corrected chi connectivity index (χ2v) is 2.64. The number of rotatable bonds is 2. The van der Waals surface area contributed by atoms with Gasteiger partial charge in [-0.2, -0.15) is 0 Å². The SMILES string of the molecule is [2H]C1=C(CC=C)C(=O)CC1C. The fourth-order valence-corrected chi connectivity index (χ4v) is 1.15. The summed E-state index contributed by atoms with van der Waals surface area (Å²) in [5.74, 6) is 0.250. The molecule has 54 valence electrons. The van der Waals surface area contributed by atoms with Crippen LogP contribution >= 0.6 is 0 Å². The Bertz CT molecular complexity index is 228. The van der Waals surface area contributed by atoms with Gasteiger partial charge < -0.3 is 0 Å². The zero-order valence-electron chi connectivity index (χ0n) is 7.18. The summed E-state index contributed by atoms with van der Waals surface area (Å²) in [5.41, 5.74) is 0.660. The van der Waals surface area contributed by atoms with E-state index in [1.807, 2.05) is 6.92 Å². The lowest BCUT2D eigenvalue weighted by Crippen LogP contribution is -1.95. The van der Waals surface area contributed by atoms with Gasteiger partial charge in [-0.1, -0.05) is 19.1 Å². The van der Waals surface area contributed by atoms with Crippen molar-refractivity contribution in [2.75, 3.05) is 0 Å². The van der Waals surface area contributed by atoms with Crippen molar-refractivity contribution in [3.8, 4) is 0 Å². The monoisotopic (exact) mass is 137 g/mol. The lowest BCUT2D eigenvalue weighted by atomic mass is 10.1. The number of hydrogen-bond donors (Lipinski definition) is 0. The summed E-state index contributed by atoms with van der Waals surface area (Å²) < 4.78 is 7.54. The first-order chi connectivity index (χ1) is 5.16. The fraction of sp³-hybridized carbons (Fsp3) is 0.444. The minimum Gasteiger partial charge on any atom is -0.295 e. The van der Waals surface area contributed by atoms with Crippen LogP contribution in [0.15, 0.2) is 24.3 Å². The molecule has 0 fully saturated rings. The highest BCUT2D eigenvalue weighted by molar-refractivity contribution is 5.98. The maximum absolute atomic E-state index is 11.2. The first-order valence-electron chi connectivity index (χ1n) is 4.00. The zero-order valence-corrected chi connectivity index (χ0v) is 6.18. The third kappa shape index (κ3) is 1.35. The highest BCUT2D eigenvalue weighted by Crippen LogP contribution is 2.22. The van der Waals surface area contributed by atoms with E-state index in [9.17, 15) is 4.79 Å². The van der Waals surface area contributed by atoms with Gasteiger partial charge in [0.15, 0.2) is 5.78 Å². The molecule has 0 aliphatic heterocycles. The maximum Gasteiger partial charge on any atom is 0.159 e. The maximum atomic E-state index is 11.2. The molecular formula is C9H12O. The zero-order chi connectivity index (χ0) is 8.43. The first-order valence-corrected chi connectivity index (χ1v) is 3.50.